The van der Waals surface area contributed by atoms with Crippen LogP contribution in [0.2, 0.25) is 0 Å². The van der Waals surface area contributed by atoms with Crippen molar-refractivity contribution in [3.63, 3.8) is 0 Å². The summed E-state index contributed by atoms with van der Waals surface area (Å²) in [5.74, 6) is 0.0127. The van der Waals surface area contributed by atoms with Gasteiger partial charge in [0.15, 0.2) is 0 Å². The average Bonchev–Trinajstić information content (AvgIpc) is 2.19. The number of nitrogens with two attached hydrogens (primary N) is 1. The standard InChI is InChI=1S/C10H12N2O/c1-7-9(11)10(13)12(7)8-5-3-2-4-6-8/h2-7,9H,11H2,1H3. The molecule has 0 aromatic heterocycles. The monoisotopic (exact) mass is 176 g/mol. The minimum absolute atomic E-state index is 0.0127. The molecule has 1 aromatic rings. The van der Waals surface area contributed by atoms with Gasteiger partial charge in [-0.05, 0) is 19.1 Å². The van der Waals surface area contributed by atoms with Crippen LogP contribution >= 0.6 is 0 Å². The molecule has 1 aromatic carbocycles. The Morgan fingerprint density at radius 2 is 1.92 bits per heavy atom. The van der Waals surface area contributed by atoms with Crippen molar-refractivity contribution in [2.75, 3.05) is 4.90 Å². The third-order valence-corrected chi connectivity index (χ3v) is 2.48. The van der Waals surface area contributed by atoms with Crippen molar-refractivity contribution in [2.24, 2.45) is 5.73 Å². The fraction of sp³-hybridized carbons (Fsp3) is 0.300. The lowest BCUT2D eigenvalue weighted by Gasteiger charge is -2.43. The van der Waals surface area contributed by atoms with Crippen molar-refractivity contribution in [3.8, 4) is 0 Å². The molecule has 1 amide bonds. The van der Waals surface area contributed by atoms with E-state index in [1.54, 1.807) is 4.90 Å². The molecule has 2 N–H and O–H groups in total. The Balaban J connectivity index is 2.25. The van der Waals surface area contributed by atoms with Crippen molar-refractivity contribution in [2.45, 2.75) is 19.0 Å². The van der Waals surface area contributed by atoms with Crippen molar-refractivity contribution >= 4 is 11.6 Å². The lowest BCUT2D eigenvalue weighted by Crippen LogP contribution is -2.67. The van der Waals surface area contributed by atoms with E-state index in [1.165, 1.54) is 0 Å². The molecule has 1 fully saturated rings. The summed E-state index contributed by atoms with van der Waals surface area (Å²) in [7, 11) is 0. The number of nitrogens with zero attached hydrogens (tertiary/aromatic N) is 1. The van der Waals surface area contributed by atoms with Crippen LogP contribution in [-0.2, 0) is 4.79 Å². The molecule has 0 spiro atoms. The maximum atomic E-state index is 11.4. The summed E-state index contributed by atoms with van der Waals surface area (Å²) in [6, 6.07) is 9.40. The van der Waals surface area contributed by atoms with Gasteiger partial charge in [-0.25, -0.2) is 0 Å². The summed E-state index contributed by atoms with van der Waals surface area (Å²) in [5.41, 5.74) is 6.53. The summed E-state index contributed by atoms with van der Waals surface area (Å²) < 4.78 is 0. The van der Waals surface area contributed by atoms with E-state index in [4.69, 9.17) is 5.73 Å². The highest BCUT2D eigenvalue weighted by molar-refractivity contribution is 6.05. The van der Waals surface area contributed by atoms with E-state index < -0.39 is 0 Å². The van der Waals surface area contributed by atoms with Gasteiger partial charge in [0.1, 0.15) is 6.04 Å². The number of hydrogen-bond acceptors (Lipinski definition) is 2. The summed E-state index contributed by atoms with van der Waals surface area (Å²) in [5, 5.41) is 0. The Hall–Kier alpha value is -1.35. The third-order valence-electron chi connectivity index (χ3n) is 2.48. The number of benzene rings is 1. The van der Waals surface area contributed by atoms with E-state index in [0.717, 1.165) is 5.69 Å². The summed E-state index contributed by atoms with van der Waals surface area (Å²) in [6.45, 7) is 1.96. The first-order valence-corrected chi connectivity index (χ1v) is 4.35. The van der Waals surface area contributed by atoms with Crippen LogP contribution in [0, 0.1) is 0 Å². The number of anilines is 1. The highest BCUT2D eigenvalue weighted by Gasteiger charge is 2.42. The number of rotatable bonds is 1. The second kappa shape index (κ2) is 2.85. The molecule has 68 valence electrons. The lowest BCUT2D eigenvalue weighted by atomic mass is 9.97. The SMILES string of the molecule is CC1C(N)C(=O)N1c1ccccc1. The summed E-state index contributed by atoms with van der Waals surface area (Å²) in [6.07, 6.45) is 0. The van der Waals surface area contributed by atoms with Gasteiger partial charge in [-0.2, -0.15) is 0 Å². The lowest BCUT2D eigenvalue weighted by molar-refractivity contribution is -0.125. The van der Waals surface area contributed by atoms with Crippen LogP contribution in [0.25, 0.3) is 0 Å². The van der Waals surface area contributed by atoms with Crippen molar-refractivity contribution in [1.29, 1.82) is 0 Å². The van der Waals surface area contributed by atoms with E-state index in [2.05, 4.69) is 0 Å². The molecule has 0 aliphatic carbocycles. The van der Waals surface area contributed by atoms with E-state index in [1.807, 2.05) is 37.3 Å². The van der Waals surface area contributed by atoms with Gasteiger partial charge in [-0.15, -0.1) is 0 Å². The van der Waals surface area contributed by atoms with Crippen LogP contribution in [-0.4, -0.2) is 18.0 Å². The van der Waals surface area contributed by atoms with Crippen molar-refractivity contribution in [3.05, 3.63) is 30.3 Å². The Bertz CT molecular complexity index is 323. The number of carbonyl (C=O) groups excluding carboxylic acids is 1. The summed E-state index contributed by atoms with van der Waals surface area (Å²) in [4.78, 5) is 13.1. The molecule has 3 heteroatoms. The smallest absolute Gasteiger partial charge is 0.246 e. The van der Waals surface area contributed by atoms with Gasteiger partial charge in [0, 0.05) is 5.69 Å². The van der Waals surface area contributed by atoms with Crippen LogP contribution in [0.1, 0.15) is 6.92 Å². The van der Waals surface area contributed by atoms with Gasteiger partial charge >= 0.3 is 0 Å². The van der Waals surface area contributed by atoms with Crippen LogP contribution in [0.4, 0.5) is 5.69 Å². The zero-order valence-electron chi connectivity index (χ0n) is 7.47. The summed E-state index contributed by atoms with van der Waals surface area (Å²) >= 11 is 0. The number of β-lactam (4-membered cyclic amide) rings is 1. The van der Waals surface area contributed by atoms with E-state index >= 15 is 0 Å². The average molecular weight is 176 g/mol. The zero-order valence-corrected chi connectivity index (χ0v) is 7.47. The fourth-order valence-electron chi connectivity index (χ4n) is 1.60. The maximum Gasteiger partial charge on any atom is 0.246 e. The molecular formula is C10H12N2O. The predicted molar refractivity (Wildman–Crippen MR) is 51.4 cm³/mol. The predicted octanol–water partition coefficient (Wildman–Crippen LogP) is 0.749. The Morgan fingerprint density at radius 1 is 1.31 bits per heavy atom. The van der Waals surface area contributed by atoms with Gasteiger partial charge in [0.05, 0.1) is 6.04 Å². The topological polar surface area (TPSA) is 46.3 Å². The molecule has 1 saturated heterocycles. The number of para-hydroxylation sites is 1. The molecule has 1 heterocycles. The molecule has 0 radical (unpaired) electrons. The molecular weight excluding hydrogens is 164 g/mol. The van der Waals surface area contributed by atoms with Gasteiger partial charge in [-0.1, -0.05) is 18.2 Å². The van der Waals surface area contributed by atoms with Crippen LogP contribution in [0.5, 0.6) is 0 Å². The fourth-order valence-corrected chi connectivity index (χ4v) is 1.60. The number of amides is 1. The highest BCUT2D eigenvalue weighted by Crippen LogP contribution is 2.26. The second-order valence-electron chi connectivity index (χ2n) is 3.31. The quantitative estimate of drug-likeness (QED) is 0.642. The van der Waals surface area contributed by atoms with Gasteiger partial charge < -0.3 is 10.6 Å². The third kappa shape index (κ3) is 1.12. The van der Waals surface area contributed by atoms with Gasteiger partial charge in [-0.3, -0.25) is 4.79 Å². The number of carbonyl (C=O) groups is 1. The molecule has 13 heavy (non-hydrogen) atoms. The molecule has 2 rings (SSSR count). The first-order chi connectivity index (χ1) is 6.22. The van der Waals surface area contributed by atoms with Gasteiger partial charge in [0.25, 0.3) is 0 Å². The molecule has 1 aliphatic rings. The van der Waals surface area contributed by atoms with Crippen LogP contribution in [0.3, 0.4) is 0 Å². The maximum absolute atomic E-state index is 11.4. The zero-order chi connectivity index (χ0) is 9.42. The number of hydrogen-bond donors (Lipinski definition) is 1. The van der Waals surface area contributed by atoms with Gasteiger partial charge in [0.2, 0.25) is 5.91 Å². The molecule has 1 aliphatic heterocycles. The van der Waals surface area contributed by atoms with Crippen molar-refractivity contribution in [1.82, 2.24) is 0 Å². The largest absolute Gasteiger partial charge is 0.318 e. The molecule has 0 saturated carbocycles. The van der Waals surface area contributed by atoms with E-state index in [9.17, 15) is 4.79 Å². The Kier molecular flexibility index (Phi) is 1.81. The molecule has 0 bridgehead atoms. The highest BCUT2D eigenvalue weighted by atomic mass is 16.2. The van der Waals surface area contributed by atoms with E-state index in [-0.39, 0.29) is 18.0 Å². The molecule has 3 nitrogen and oxygen atoms in total. The minimum Gasteiger partial charge on any atom is -0.318 e. The first-order valence-electron chi connectivity index (χ1n) is 4.35. The Labute approximate surface area is 77.1 Å². The molecule has 2 unspecified atom stereocenters. The van der Waals surface area contributed by atoms with E-state index in [0.29, 0.717) is 0 Å². The molecule has 2 atom stereocenters. The van der Waals surface area contributed by atoms with Crippen LogP contribution in [0.15, 0.2) is 30.3 Å². The van der Waals surface area contributed by atoms with Crippen LogP contribution < -0.4 is 10.6 Å². The normalized spacial score (nSPS) is 27.2. The minimum atomic E-state index is -0.319. The van der Waals surface area contributed by atoms with Crippen molar-refractivity contribution < 1.29 is 4.79 Å². The Morgan fingerprint density at radius 3 is 2.46 bits per heavy atom. The second-order valence-corrected chi connectivity index (χ2v) is 3.31. The first kappa shape index (κ1) is 8.26.